The predicted molar refractivity (Wildman–Crippen MR) is 124 cm³/mol. The van der Waals surface area contributed by atoms with Gasteiger partial charge >= 0.3 is 0 Å². The van der Waals surface area contributed by atoms with Crippen molar-refractivity contribution in [2.24, 2.45) is 0 Å². The molecule has 5 rings (SSSR count). The quantitative estimate of drug-likeness (QED) is 0.381. The van der Waals surface area contributed by atoms with Crippen molar-refractivity contribution < 1.29 is 9.53 Å². The molecule has 0 saturated carbocycles. The van der Waals surface area contributed by atoms with Crippen LogP contribution in [0.15, 0.2) is 74.1 Å². The highest BCUT2D eigenvalue weighted by Gasteiger charge is 2.09. The van der Waals surface area contributed by atoms with E-state index >= 15 is 0 Å². The van der Waals surface area contributed by atoms with Gasteiger partial charge in [-0.1, -0.05) is 6.58 Å². The van der Waals surface area contributed by atoms with Crippen LogP contribution in [0.4, 0.5) is 17.2 Å². The predicted octanol–water partition coefficient (Wildman–Crippen LogP) is 4.04. The second-order valence-electron chi connectivity index (χ2n) is 7.18. The van der Waals surface area contributed by atoms with Crippen molar-refractivity contribution in [2.75, 3.05) is 10.6 Å². The van der Waals surface area contributed by atoms with Crippen LogP contribution in [0.5, 0.6) is 11.6 Å². The minimum absolute atomic E-state index is 0.287. The minimum atomic E-state index is -0.287. The Labute approximate surface area is 188 Å². The topological polar surface area (TPSA) is 119 Å². The number of aromatic nitrogens is 6. The highest BCUT2D eigenvalue weighted by Crippen LogP contribution is 2.30. The van der Waals surface area contributed by atoms with Crippen LogP contribution in [0.1, 0.15) is 5.56 Å². The molecule has 1 amide bonds. The van der Waals surface area contributed by atoms with Gasteiger partial charge in [0.25, 0.3) is 0 Å². The molecule has 0 bridgehead atoms. The molecule has 3 heterocycles. The number of anilines is 3. The molecule has 0 saturated heterocycles. The Balaban J connectivity index is 1.40. The zero-order chi connectivity index (χ0) is 22.8. The Morgan fingerprint density at radius 3 is 2.79 bits per heavy atom. The molecule has 0 radical (unpaired) electrons. The highest BCUT2D eigenvalue weighted by molar-refractivity contribution is 6.01. The molecule has 0 aliphatic carbocycles. The molecule has 0 atom stereocenters. The van der Waals surface area contributed by atoms with Crippen molar-refractivity contribution >= 4 is 39.6 Å². The van der Waals surface area contributed by atoms with Crippen molar-refractivity contribution in [1.82, 2.24) is 29.5 Å². The number of hydrogen-bond acceptors (Lipinski definition) is 8. The second-order valence-corrected chi connectivity index (χ2v) is 7.18. The normalized spacial score (nSPS) is 10.8. The lowest BCUT2D eigenvalue weighted by Crippen LogP contribution is -2.07. The maximum Gasteiger partial charge on any atom is 0.247 e. The van der Waals surface area contributed by atoms with Gasteiger partial charge in [-0.15, -0.1) is 10.2 Å². The Hall–Kier alpha value is -4.86. The first-order chi connectivity index (χ1) is 16.1. The summed E-state index contributed by atoms with van der Waals surface area (Å²) in [6.45, 7) is 5.42. The van der Waals surface area contributed by atoms with Gasteiger partial charge in [-0.05, 0) is 55.0 Å². The monoisotopic (exact) mass is 438 g/mol. The van der Waals surface area contributed by atoms with E-state index < -0.39 is 0 Å². The van der Waals surface area contributed by atoms with Gasteiger partial charge in [0.15, 0.2) is 5.65 Å². The van der Waals surface area contributed by atoms with Crippen LogP contribution in [0.25, 0.3) is 16.6 Å². The minimum Gasteiger partial charge on any atom is -0.439 e. The van der Waals surface area contributed by atoms with Crippen LogP contribution in [0, 0.1) is 6.92 Å². The molecule has 2 N–H and O–H groups in total. The number of ether oxygens (including phenoxy) is 1. The Morgan fingerprint density at radius 1 is 1.06 bits per heavy atom. The van der Waals surface area contributed by atoms with Crippen LogP contribution >= 0.6 is 0 Å². The summed E-state index contributed by atoms with van der Waals surface area (Å²) < 4.78 is 7.63. The molecule has 33 heavy (non-hydrogen) atoms. The van der Waals surface area contributed by atoms with Crippen molar-refractivity contribution in [3.8, 4) is 11.6 Å². The third-order valence-corrected chi connectivity index (χ3v) is 4.90. The lowest BCUT2D eigenvalue weighted by atomic mass is 10.1. The maximum absolute atomic E-state index is 11.6. The molecule has 162 valence electrons. The van der Waals surface area contributed by atoms with E-state index in [0.29, 0.717) is 28.8 Å². The average Bonchev–Trinajstić information content (AvgIpc) is 3.29. The molecule has 0 spiro atoms. The molecule has 0 unspecified atom stereocenters. The van der Waals surface area contributed by atoms with Gasteiger partial charge in [0.05, 0.1) is 5.52 Å². The van der Waals surface area contributed by atoms with E-state index in [0.717, 1.165) is 22.2 Å². The van der Waals surface area contributed by atoms with Crippen LogP contribution < -0.4 is 15.4 Å². The number of nitrogens with one attached hydrogen (secondary N) is 2. The van der Waals surface area contributed by atoms with Gasteiger partial charge in [0, 0.05) is 22.8 Å². The molecule has 5 aromatic rings. The van der Waals surface area contributed by atoms with Gasteiger partial charge in [0.2, 0.25) is 11.8 Å². The maximum atomic E-state index is 11.6. The van der Waals surface area contributed by atoms with E-state index in [-0.39, 0.29) is 5.91 Å². The molecule has 0 fully saturated rings. The molecule has 0 aliphatic heterocycles. The van der Waals surface area contributed by atoms with E-state index in [1.54, 1.807) is 29.2 Å². The van der Waals surface area contributed by atoms with Gasteiger partial charge in [0.1, 0.15) is 30.5 Å². The van der Waals surface area contributed by atoms with Crippen LogP contribution in [0.2, 0.25) is 0 Å². The molecular weight excluding hydrogens is 420 g/mol. The standard InChI is InChI=1S/C23H18N8O2/c1-3-21(32)28-16-4-6-18-17(9-16)23(25-11-24-18)29-15-5-7-19(14(2)8-15)33-22-10-20-30-27-13-31(20)12-26-22/h3-13H,1H2,2H3,(H,28,32)(H,24,25,29). The molecular formula is C23H18N8O2. The van der Waals surface area contributed by atoms with Crippen molar-refractivity contribution in [3.05, 3.63) is 79.7 Å². The Kier molecular flexibility index (Phi) is 5.07. The summed E-state index contributed by atoms with van der Waals surface area (Å²) in [7, 11) is 0. The van der Waals surface area contributed by atoms with Crippen molar-refractivity contribution in [3.63, 3.8) is 0 Å². The number of aryl methyl sites for hydroxylation is 1. The molecule has 2 aromatic carbocycles. The average molecular weight is 438 g/mol. The third-order valence-electron chi connectivity index (χ3n) is 4.90. The summed E-state index contributed by atoms with van der Waals surface area (Å²) >= 11 is 0. The summed E-state index contributed by atoms with van der Waals surface area (Å²) in [5.41, 5.74) is 3.75. The molecule has 10 nitrogen and oxygen atoms in total. The number of hydrogen-bond donors (Lipinski definition) is 2. The van der Waals surface area contributed by atoms with E-state index in [2.05, 4.69) is 42.4 Å². The lowest BCUT2D eigenvalue weighted by Gasteiger charge is -2.12. The highest BCUT2D eigenvalue weighted by atomic mass is 16.5. The first-order valence-electron chi connectivity index (χ1n) is 9.98. The van der Waals surface area contributed by atoms with E-state index in [1.165, 1.54) is 12.4 Å². The van der Waals surface area contributed by atoms with Gasteiger partial charge in [-0.3, -0.25) is 9.20 Å². The van der Waals surface area contributed by atoms with Gasteiger partial charge in [-0.2, -0.15) is 0 Å². The Bertz CT molecular complexity index is 1510. The number of benzene rings is 2. The number of carbonyl (C=O) groups excluding carboxylic acids is 1. The summed E-state index contributed by atoms with van der Waals surface area (Å²) in [5.74, 6) is 1.42. The SMILES string of the molecule is C=CC(=O)Nc1ccc2ncnc(Nc3ccc(Oc4cc5nncn5cn4)c(C)c3)c2c1. The molecule has 10 heteroatoms. The fourth-order valence-electron chi connectivity index (χ4n) is 3.28. The fourth-order valence-corrected chi connectivity index (χ4v) is 3.28. The van der Waals surface area contributed by atoms with E-state index in [1.807, 2.05) is 37.3 Å². The number of carbonyl (C=O) groups is 1. The zero-order valence-electron chi connectivity index (χ0n) is 17.6. The lowest BCUT2D eigenvalue weighted by molar-refractivity contribution is -0.111. The number of rotatable bonds is 6. The summed E-state index contributed by atoms with van der Waals surface area (Å²) in [5, 5.41) is 14.7. The van der Waals surface area contributed by atoms with Crippen LogP contribution in [-0.2, 0) is 4.79 Å². The van der Waals surface area contributed by atoms with Gasteiger partial charge < -0.3 is 15.4 Å². The van der Waals surface area contributed by atoms with E-state index in [4.69, 9.17) is 4.74 Å². The van der Waals surface area contributed by atoms with Gasteiger partial charge in [-0.25, -0.2) is 15.0 Å². The first-order valence-corrected chi connectivity index (χ1v) is 9.98. The largest absolute Gasteiger partial charge is 0.439 e. The second kappa shape index (κ2) is 8.35. The summed E-state index contributed by atoms with van der Waals surface area (Å²) in [4.78, 5) is 24.6. The van der Waals surface area contributed by atoms with E-state index in [9.17, 15) is 4.79 Å². The van der Waals surface area contributed by atoms with Crippen LogP contribution in [0.3, 0.4) is 0 Å². The molecule has 3 aromatic heterocycles. The van der Waals surface area contributed by atoms with Crippen molar-refractivity contribution in [1.29, 1.82) is 0 Å². The summed E-state index contributed by atoms with van der Waals surface area (Å²) in [6, 6.07) is 12.8. The first kappa shape index (κ1) is 20.1. The smallest absolute Gasteiger partial charge is 0.247 e. The van der Waals surface area contributed by atoms with Crippen molar-refractivity contribution in [2.45, 2.75) is 6.92 Å². The zero-order valence-corrected chi connectivity index (χ0v) is 17.6. The number of nitrogens with zero attached hydrogens (tertiary/aromatic N) is 6. The van der Waals surface area contributed by atoms with Crippen LogP contribution in [-0.4, -0.2) is 35.5 Å². The summed E-state index contributed by atoms with van der Waals surface area (Å²) in [6.07, 6.45) is 5.88. The molecule has 0 aliphatic rings. The Morgan fingerprint density at radius 2 is 1.94 bits per heavy atom. The third kappa shape index (κ3) is 4.17. The fraction of sp³-hybridized carbons (Fsp3) is 0.0435. The number of fused-ring (bicyclic) bond motifs is 2. The number of amides is 1.